The maximum Gasteiger partial charge on any atom is 0.417 e. The number of halogens is 3. The van der Waals surface area contributed by atoms with Gasteiger partial charge in [-0.2, -0.15) is 18.3 Å². The summed E-state index contributed by atoms with van der Waals surface area (Å²) in [6.45, 7) is 1.55. The molecule has 2 aromatic carbocycles. The van der Waals surface area contributed by atoms with Crippen molar-refractivity contribution in [2.75, 3.05) is 0 Å². The van der Waals surface area contributed by atoms with Crippen LogP contribution in [-0.4, -0.2) is 23.2 Å². The van der Waals surface area contributed by atoms with Crippen molar-refractivity contribution in [3.05, 3.63) is 72.3 Å². The van der Waals surface area contributed by atoms with Gasteiger partial charge in [0.25, 0.3) is 0 Å². The average molecular weight is 396 g/mol. The highest BCUT2D eigenvalue weighted by atomic mass is 32.2. The van der Waals surface area contributed by atoms with Crippen LogP contribution in [0.2, 0.25) is 0 Å². The molecule has 0 amide bonds. The predicted octanol–water partition coefficient (Wildman–Crippen LogP) is 3.33. The summed E-state index contributed by atoms with van der Waals surface area (Å²) in [5.74, 6) is 0. The van der Waals surface area contributed by atoms with Crippen molar-refractivity contribution >= 4 is 10.0 Å². The molecular weight excluding hydrogens is 381 g/mol. The number of hydrogen-bond donors (Lipinski definition) is 1. The van der Waals surface area contributed by atoms with Gasteiger partial charge in [0.2, 0.25) is 10.0 Å². The van der Waals surface area contributed by atoms with Crippen molar-refractivity contribution in [1.29, 1.82) is 0 Å². The fourth-order valence-corrected chi connectivity index (χ4v) is 4.02. The van der Waals surface area contributed by atoms with E-state index < -0.39 is 32.7 Å². The van der Waals surface area contributed by atoms with Gasteiger partial charge >= 0.3 is 6.18 Å². The smallest absolute Gasteiger partial charge is 0.223 e. The Bertz CT molecular complexity index is 1020. The minimum absolute atomic E-state index is 0.590. The average Bonchev–Trinajstić information content (AvgIpc) is 3.15. The number of benzene rings is 2. The van der Waals surface area contributed by atoms with Crippen LogP contribution in [0.1, 0.15) is 24.1 Å². The van der Waals surface area contributed by atoms with E-state index in [4.69, 9.17) is 0 Å². The monoisotopic (exact) mass is 396 g/mol. The lowest BCUT2D eigenvalue weighted by Gasteiger charge is -2.18. The fraction of sp³-hybridized carbons (Fsp3) is 0.176. The molecular formula is C17H15F3N4O2S. The molecule has 1 atom stereocenters. The quantitative estimate of drug-likeness (QED) is 0.718. The first kappa shape index (κ1) is 19.1. The Hall–Kier alpha value is -2.72. The third-order valence-electron chi connectivity index (χ3n) is 3.89. The summed E-state index contributed by atoms with van der Waals surface area (Å²) in [6.07, 6.45) is -1.88. The lowest BCUT2D eigenvalue weighted by molar-refractivity contribution is -0.139. The number of nitrogens with one attached hydrogen (secondary N) is 1. The Morgan fingerprint density at radius 3 is 2.33 bits per heavy atom. The van der Waals surface area contributed by atoms with Crippen LogP contribution in [-0.2, 0) is 16.2 Å². The van der Waals surface area contributed by atoms with E-state index in [0.717, 1.165) is 18.2 Å². The third kappa shape index (κ3) is 4.17. The molecule has 0 spiro atoms. The van der Waals surface area contributed by atoms with Crippen molar-refractivity contribution in [3.63, 3.8) is 0 Å². The third-order valence-corrected chi connectivity index (χ3v) is 5.49. The van der Waals surface area contributed by atoms with E-state index in [2.05, 4.69) is 14.8 Å². The van der Waals surface area contributed by atoms with Gasteiger partial charge < -0.3 is 0 Å². The number of aromatic nitrogens is 3. The van der Waals surface area contributed by atoms with E-state index in [9.17, 15) is 21.6 Å². The molecule has 142 valence electrons. The molecule has 3 rings (SSSR count). The van der Waals surface area contributed by atoms with Crippen molar-refractivity contribution in [2.24, 2.45) is 0 Å². The maximum atomic E-state index is 13.1. The topological polar surface area (TPSA) is 76.9 Å². The molecule has 0 aliphatic rings. The van der Waals surface area contributed by atoms with Crippen LogP contribution in [0.5, 0.6) is 0 Å². The van der Waals surface area contributed by atoms with Gasteiger partial charge in [0, 0.05) is 6.04 Å². The Morgan fingerprint density at radius 2 is 1.74 bits per heavy atom. The number of sulfonamides is 1. The van der Waals surface area contributed by atoms with Gasteiger partial charge in [-0.3, -0.25) is 0 Å². The molecule has 0 fully saturated rings. The molecule has 0 saturated heterocycles. The molecule has 1 heterocycles. The van der Waals surface area contributed by atoms with E-state index >= 15 is 0 Å². The number of nitrogens with zero attached hydrogens (tertiary/aromatic N) is 3. The molecule has 0 saturated carbocycles. The molecule has 0 radical (unpaired) electrons. The van der Waals surface area contributed by atoms with Crippen LogP contribution in [0.25, 0.3) is 5.69 Å². The van der Waals surface area contributed by atoms with Crippen LogP contribution in [0, 0.1) is 0 Å². The van der Waals surface area contributed by atoms with Gasteiger partial charge in [0.05, 0.1) is 16.1 Å². The first-order valence-corrected chi connectivity index (χ1v) is 9.30. The highest BCUT2D eigenvalue weighted by molar-refractivity contribution is 7.89. The van der Waals surface area contributed by atoms with E-state index in [0.29, 0.717) is 11.3 Å². The van der Waals surface area contributed by atoms with Crippen LogP contribution in [0.3, 0.4) is 0 Å². The van der Waals surface area contributed by atoms with E-state index in [1.807, 2.05) is 0 Å². The minimum Gasteiger partial charge on any atom is -0.223 e. The SMILES string of the molecule is CC(NS(=O)(=O)c1ccccc1C(F)(F)F)c1ccc(-n2cncn2)cc1. The van der Waals surface area contributed by atoms with Crippen LogP contribution in [0.4, 0.5) is 13.2 Å². The van der Waals surface area contributed by atoms with E-state index in [1.165, 1.54) is 23.4 Å². The molecule has 1 unspecified atom stereocenters. The molecule has 0 aliphatic carbocycles. The summed E-state index contributed by atoms with van der Waals surface area (Å²) in [4.78, 5) is 3.03. The number of alkyl halides is 3. The fourth-order valence-electron chi connectivity index (χ4n) is 2.56. The van der Waals surface area contributed by atoms with Crippen molar-refractivity contribution in [2.45, 2.75) is 24.0 Å². The Labute approximate surface area is 153 Å². The predicted molar refractivity (Wildman–Crippen MR) is 91.5 cm³/mol. The van der Waals surface area contributed by atoms with Crippen LogP contribution >= 0.6 is 0 Å². The summed E-state index contributed by atoms with van der Waals surface area (Å²) >= 11 is 0. The summed E-state index contributed by atoms with van der Waals surface area (Å²) < 4.78 is 68.2. The second kappa shape index (κ2) is 7.12. The largest absolute Gasteiger partial charge is 0.417 e. The Balaban J connectivity index is 1.84. The molecule has 27 heavy (non-hydrogen) atoms. The summed E-state index contributed by atoms with van der Waals surface area (Å²) in [6, 6.07) is 10.1. The molecule has 3 aromatic rings. The molecule has 0 aliphatic heterocycles. The van der Waals surface area contributed by atoms with E-state index in [-0.39, 0.29) is 0 Å². The molecule has 1 N–H and O–H groups in total. The van der Waals surface area contributed by atoms with Gasteiger partial charge in [-0.1, -0.05) is 24.3 Å². The molecule has 0 bridgehead atoms. The zero-order valence-electron chi connectivity index (χ0n) is 14.1. The van der Waals surface area contributed by atoms with Gasteiger partial charge in [0.1, 0.15) is 12.7 Å². The Morgan fingerprint density at radius 1 is 1.07 bits per heavy atom. The highest BCUT2D eigenvalue weighted by Crippen LogP contribution is 2.34. The summed E-state index contributed by atoms with van der Waals surface area (Å²) in [5, 5.41) is 3.98. The van der Waals surface area contributed by atoms with Crippen LogP contribution < -0.4 is 4.72 Å². The molecule has 6 nitrogen and oxygen atoms in total. The molecule has 1 aromatic heterocycles. The molecule has 10 heteroatoms. The number of hydrogen-bond acceptors (Lipinski definition) is 4. The summed E-state index contributed by atoms with van der Waals surface area (Å²) in [7, 11) is -4.37. The lowest BCUT2D eigenvalue weighted by atomic mass is 10.1. The summed E-state index contributed by atoms with van der Waals surface area (Å²) in [5.41, 5.74) is 0.104. The first-order chi connectivity index (χ1) is 12.7. The zero-order chi connectivity index (χ0) is 19.7. The minimum atomic E-state index is -4.77. The standard InChI is InChI=1S/C17H15F3N4O2S/c1-12(13-6-8-14(9-7-13)24-11-21-10-22-24)23-27(25,26)16-5-3-2-4-15(16)17(18,19)20/h2-12,23H,1H3. The first-order valence-electron chi connectivity index (χ1n) is 7.82. The lowest BCUT2D eigenvalue weighted by Crippen LogP contribution is -2.29. The van der Waals surface area contributed by atoms with Gasteiger partial charge in [-0.15, -0.1) is 0 Å². The van der Waals surface area contributed by atoms with Crippen molar-refractivity contribution in [1.82, 2.24) is 19.5 Å². The second-order valence-corrected chi connectivity index (χ2v) is 7.45. The second-order valence-electron chi connectivity index (χ2n) is 5.77. The van der Waals surface area contributed by atoms with Crippen molar-refractivity contribution < 1.29 is 21.6 Å². The van der Waals surface area contributed by atoms with Gasteiger partial charge in [-0.05, 0) is 36.8 Å². The van der Waals surface area contributed by atoms with Crippen LogP contribution in [0.15, 0.2) is 66.1 Å². The Kier molecular flexibility index (Phi) is 5.03. The maximum absolute atomic E-state index is 13.1. The van der Waals surface area contributed by atoms with E-state index in [1.54, 1.807) is 31.2 Å². The highest BCUT2D eigenvalue weighted by Gasteiger charge is 2.37. The van der Waals surface area contributed by atoms with Crippen molar-refractivity contribution in [3.8, 4) is 5.69 Å². The van der Waals surface area contributed by atoms with Gasteiger partial charge in [0.15, 0.2) is 0 Å². The normalized spacial score (nSPS) is 13.5. The van der Waals surface area contributed by atoms with Gasteiger partial charge in [-0.25, -0.2) is 22.8 Å². The zero-order valence-corrected chi connectivity index (χ0v) is 14.9. The number of rotatable bonds is 5.